The van der Waals surface area contributed by atoms with Crippen LogP contribution in [0.15, 0.2) is 30.5 Å². The zero-order valence-corrected chi connectivity index (χ0v) is 12.8. The van der Waals surface area contributed by atoms with Crippen molar-refractivity contribution in [1.29, 1.82) is 0 Å². The van der Waals surface area contributed by atoms with E-state index in [0.29, 0.717) is 17.3 Å². The fourth-order valence-electron chi connectivity index (χ4n) is 2.46. The first-order valence-electron chi connectivity index (χ1n) is 7.39. The van der Waals surface area contributed by atoms with Crippen molar-refractivity contribution in [3.05, 3.63) is 53.1 Å². The summed E-state index contributed by atoms with van der Waals surface area (Å²) >= 11 is 0. The molecule has 21 heavy (non-hydrogen) atoms. The standard InChI is InChI=1S/C17H21FN2O/c1-4-14(5-2)20-10-9-13(19-20)11-16(21)15-8-6-7-12(3)17(15)18/h6-10,14H,4-5,11H2,1-3H3. The van der Waals surface area contributed by atoms with Crippen molar-refractivity contribution in [2.24, 2.45) is 0 Å². The average Bonchev–Trinajstić information content (AvgIpc) is 2.91. The molecule has 1 aromatic carbocycles. The third-order valence-corrected chi connectivity index (χ3v) is 3.81. The highest BCUT2D eigenvalue weighted by Gasteiger charge is 2.16. The minimum absolute atomic E-state index is 0.132. The largest absolute Gasteiger partial charge is 0.294 e. The third-order valence-electron chi connectivity index (χ3n) is 3.81. The number of hydrogen-bond acceptors (Lipinski definition) is 2. The van der Waals surface area contributed by atoms with Crippen LogP contribution >= 0.6 is 0 Å². The molecule has 0 saturated carbocycles. The summed E-state index contributed by atoms with van der Waals surface area (Å²) in [5.41, 5.74) is 1.32. The number of rotatable bonds is 6. The van der Waals surface area contributed by atoms with Crippen LogP contribution in [0.1, 0.15) is 54.3 Å². The van der Waals surface area contributed by atoms with E-state index >= 15 is 0 Å². The Morgan fingerprint density at radius 2 is 2.00 bits per heavy atom. The number of Topliss-reactive ketones (excluding diaryl/α,β-unsaturated/α-hetero) is 1. The Labute approximate surface area is 124 Å². The normalized spacial score (nSPS) is 11.1. The van der Waals surface area contributed by atoms with E-state index in [9.17, 15) is 9.18 Å². The second-order valence-electron chi connectivity index (χ2n) is 5.29. The second-order valence-corrected chi connectivity index (χ2v) is 5.29. The first-order valence-corrected chi connectivity index (χ1v) is 7.39. The Hall–Kier alpha value is -1.97. The topological polar surface area (TPSA) is 34.9 Å². The maximum absolute atomic E-state index is 14.0. The number of benzene rings is 1. The molecule has 0 aliphatic heterocycles. The molecule has 0 fully saturated rings. The van der Waals surface area contributed by atoms with Gasteiger partial charge in [-0.2, -0.15) is 5.10 Å². The minimum Gasteiger partial charge on any atom is -0.294 e. The second kappa shape index (κ2) is 6.66. The van der Waals surface area contributed by atoms with E-state index in [1.807, 2.05) is 16.9 Å². The molecule has 0 atom stereocenters. The zero-order valence-electron chi connectivity index (χ0n) is 12.8. The summed E-state index contributed by atoms with van der Waals surface area (Å²) in [6.45, 7) is 5.89. The van der Waals surface area contributed by atoms with E-state index in [1.54, 1.807) is 19.1 Å². The summed E-state index contributed by atoms with van der Waals surface area (Å²) in [6.07, 6.45) is 4.02. The van der Waals surface area contributed by atoms with E-state index in [0.717, 1.165) is 12.8 Å². The molecule has 0 radical (unpaired) electrons. The van der Waals surface area contributed by atoms with Crippen molar-refractivity contribution < 1.29 is 9.18 Å². The highest BCUT2D eigenvalue weighted by atomic mass is 19.1. The van der Waals surface area contributed by atoms with E-state index < -0.39 is 5.82 Å². The van der Waals surface area contributed by atoms with Gasteiger partial charge in [-0.1, -0.05) is 26.0 Å². The van der Waals surface area contributed by atoms with Gasteiger partial charge in [0.1, 0.15) is 5.82 Å². The van der Waals surface area contributed by atoms with Crippen molar-refractivity contribution in [3.8, 4) is 0 Å². The van der Waals surface area contributed by atoms with Gasteiger partial charge in [0.15, 0.2) is 5.78 Å². The first kappa shape index (κ1) is 15.4. The lowest BCUT2D eigenvalue weighted by Crippen LogP contribution is -2.10. The van der Waals surface area contributed by atoms with Crippen LogP contribution in [-0.4, -0.2) is 15.6 Å². The highest BCUT2D eigenvalue weighted by molar-refractivity contribution is 5.97. The van der Waals surface area contributed by atoms with Gasteiger partial charge in [0.25, 0.3) is 0 Å². The molecule has 0 N–H and O–H groups in total. The minimum atomic E-state index is -0.429. The van der Waals surface area contributed by atoms with Crippen molar-refractivity contribution in [1.82, 2.24) is 9.78 Å². The lowest BCUT2D eigenvalue weighted by Gasteiger charge is -2.12. The summed E-state index contributed by atoms with van der Waals surface area (Å²) in [4.78, 5) is 12.2. The van der Waals surface area contributed by atoms with Crippen LogP contribution in [0.3, 0.4) is 0 Å². The number of hydrogen-bond donors (Lipinski definition) is 0. The molecule has 0 amide bonds. The van der Waals surface area contributed by atoms with Crippen LogP contribution < -0.4 is 0 Å². The molecule has 2 rings (SSSR count). The fraction of sp³-hybridized carbons (Fsp3) is 0.412. The molecule has 0 bridgehead atoms. The SMILES string of the molecule is CCC(CC)n1ccc(CC(=O)c2cccc(C)c2F)n1. The van der Waals surface area contributed by atoms with E-state index in [4.69, 9.17) is 0 Å². The summed E-state index contributed by atoms with van der Waals surface area (Å²) in [6, 6.07) is 7.08. The molecular weight excluding hydrogens is 267 g/mol. The molecule has 3 nitrogen and oxygen atoms in total. The van der Waals surface area contributed by atoms with Crippen LogP contribution in [0.25, 0.3) is 0 Å². The molecule has 1 heterocycles. The molecule has 0 aliphatic rings. The van der Waals surface area contributed by atoms with Gasteiger partial charge in [-0.15, -0.1) is 0 Å². The number of carbonyl (C=O) groups excluding carboxylic acids is 1. The number of ketones is 1. The number of carbonyl (C=O) groups is 1. The zero-order chi connectivity index (χ0) is 15.4. The van der Waals surface area contributed by atoms with Gasteiger partial charge in [0.05, 0.1) is 23.7 Å². The van der Waals surface area contributed by atoms with Crippen molar-refractivity contribution >= 4 is 5.78 Å². The smallest absolute Gasteiger partial charge is 0.171 e. The van der Waals surface area contributed by atoms with Gasteiger partial charge < -0.3 is 0 Å². The molecule has 0 unspecified atom stereocenters. The average molecular weight is 288 g/mol. The number of aryl methyl sites for hydroxylation is 1. The number of aromatic nitrogens is 2. The first-order chi connectivity index (χ1) is 10.1. The summed E-state index contributed by atoms with van der Waals surface area (Å²) in [5, 5.41) is 4.44. The number of halogens is 1. The predicted molar refractivity (Wildman–Crippen MR) is 81.0 cm³/mol. The van der Waals surface area contributed by atoms with Gasteiger partial charge in [-0.05, 0) is 37.5 Å². The third kappa shape index (κ3) is 3.38. The molecule has 4 heteroatoms. The maximum Gasteiger partial charge on any atom is 0.171 e. The lowest BCUT2D eigenvalue weighted by atomic mass is 10.0. The van der Waals surface area contributed by atoms with E-state index in [1.165, 1.54) is 6.07 Å². The molecule has 0 aliphatic carbocycles. The van der Waals surface area contributed by atoms with Crippen LogP contribution in [-0.2, 0) is 6.42 Å². The Morgan fingerprint density at radius 3 is 2.67 bits per heavy atom. The molecule has 0 spiro atoms. The van der Waals surface area contributed by atoms with Gasteiger partial charge >= 0.3 is 0 Å². The van der Waals surface area contributed by atoms with Crippen LogP contribution in [0.2, 0.25) is 0 Å². The molecule has 0 saturated heterocycles. The van der Waals surface area contributed by atoms with Gasteiger partial charge in [-0.25, -0.2) is 4.39 Å². The van der Waals surface area contributed by atoms with Gasteiger partial charge in [0, 0.05) is 6.20 Å². The van der Waals surface area contributed by atoms with Crippen molar-refractivity contribution in [3.63, 3.8) is 0 Å². The van der Waals surface area contributed by atoms with Gasteiger partial charge in [0.2, 0.25) is 0 Å². The monoisotopic (exact) mass is 288 g/mol. The predicted octanol–water partition coefficient (Wildman–Crippen LogP) is 4.12. The lowest BCUT2D eigenvalue weighted by molar-refractivity contribution is 0.0987. The fourth-order valence-corrected chi connectivity index (χ4v) is 2.46. The maximum atomic E-state index is 14.0. The Kier molecular flexibility index (Phi) is 4.89. The number of nitrogens with zero attached hydrogens (tertiary/aromatic N) is 2. The van der Waals surface area contributed by atoms with E-state index in [2.05, 4.69) is 18.9 Å². The Morgan fingerprint density at radius 1 is 1.29 bits per heavy atom. The summed E-state index contributed by atoms with van der Waals surface area (Å²) < 4.78 is 15.8. The van der Waals surface area contributed by atoms with Crippen LogP contribution in [0.5, 0.6) is 0 Å². The van der Waals surface area contributed by atoms with E-state index in [-0.39, 0.29) is 17.8 Å². The Balaban J connectivity index is 2.15. The van der Waals surface area contributed by atoms with Gasteiger partial charge in [-0.3, -0.25) is 9.48 Å². The van der Waals surface area contributed by atoms with Crippen LogP contribution in [0.4, 0.5) is 4.39 Å². The molecular formula is C17H21FN2O. The van der Waals surface area contributed by atoms with Crippen molar-refractivity contribution in [2.45, 2.75) is 46.1 Å². The quantitative estimate of drug-likeness (QED) is 0.749. The van der Waals surface area contributed by atoms with Crippen molar-refractivity contribution in [2.75, 3.05) is 0 Å². The Bertz CT molecular complexity index is 629. The molecule has 1 aromatic heterocycles. The highest BCUT2D eigenvalue weighted by Crippen LogP contribution is 2.17. The molecule has 112 valence electrons. The summed E-state index contributed by atoms with van der Waals surface area (Å²) in [7, 11) is 0. The van der Waals surface area contributed by atoms with Crippen LogP contribution in [0, 0.1) is 12.7 Å². The molecule has 2 aromatic rings. The summed E-state index contributed by atoms with van der Waals surface area (Å²) in [5.74, 6) is -0.659.